The molecule has 2 heterocycles. The minimum atomic E-state index is 0.321. The highest BCUT2D eigenvalue weighted by Gasteiger charge is 2.06. The third-order valence-electron chi connectivity index (χ3n) is 1.51. The highest BCUT2D eigenvalue weighted by atomic mass is 79.9. The van der Waals surface area contributed by atoms with Crippen LogP contribution < -0.4 is 5.73 Å². The van der Waals surface area contributed by atoms with E-state index in [0.29, 0.717) is 21.3 Å². The second-order valence-corrected chi connectivity index (χ2v) is 3.69. The number of hydrogen-bond acceptors (Lipinski definition) is 4. The molecule has 2 N–H and O–H groups in total. The summed E-state index contributed by atoms with van der Waals surface area (Å²) in [4.78, 5) is 5.36. The molecule has 0 atom stereocenters. The fourth-order valence-electron chi connectivity index (χ4n) is 0.889. The Bertz CT molecular complexity index is 432. The molecule has 2 rings (SSSR count). The van der Waals surface area contributed by atoms with Crippen molar-refractivity contribution < 1.29 is 0 Å². The molecule has 0 unspecified atom stereocenters. The number of nitrogen functional groups attached to an aromatic ring is 1. The molecule has 5 nitrogen and oxygen atoms in total. The zero-order valence-corrected chi connectivity index (χ0v) is 9.20. The molecule has 0 radical (unpaired) electrons. The first kappa shape index (κ1) is 9.42. The standard InChI is InChI=1S/C7H5BrClN5/c8-6-7(10)13-14(12-6)5-2-1-4(9)3-11-5/h1-3H,(H2,10,13). The van der Waals surface area contributed by atoms with Crippen LogP contribution in [0.2, 0.25) is 5.02 Å². The molecule has 2 aromatic heterocycles. The molecule has 0 bridgehead atoms. The third kappa shape index (κ3) is 1.71. The van der Waals surface area contributed by atoms with Crippen molar-refractivity contribution in [1.29, 1.82) is 0 Å². The Morgan fingerprint density at radius 1 is 1.36 bits per heavy atom. The highest BCUT2D eigenvalue weighted by Crippen LogP contribution is 2.15. The average Bonchev–Trinajstić information content (AvgIpc) is 2.48. The largest absolute Gasteiger partial charge is 0.380 e. The summed E-state index contributed by atoms with van der Waals surface area (Å²) in [6, 6.07) is 3.41. The van der Waals surface area contributed by atoms with E-state index in [2.05, 4.69) is 31.1 Å². The van der Waals surface area contributed by atoms with E-state index in [1.807, 2.05) is 0 Å². The summed E-state index contributed by atoms with van der Waals surface area (Å²) in [5.74, 6) is 0.883. The van der Waals surface area contributed by atoms with Gasteiger partial charge in [-0.25, -0.2) is 4.98 Å². The summed E-state index contributed by atoms with van der Waals surface area (Å²) in [7, 11) is 0. The number of nitrogens with zero attached hydrogens (tertiary/aromatic N) is 4. The van der Waals surface area contributed by atoms with Gasteiger partial charge in [0.25, 0.3) is 0 Å². The minimum absolute atomic E-state index is 0.321. The van der Waals surface area contributed by atoms with E-state index in [9.17, 15) is 0 Å². The molecule has 0 spiro atoms. The molecule has 14 heavy (non-hydrogen) atoms. The molecule has 0 saturated carbocycles. The van der Waals surface area contributed by atoms with E-state index in [1.165, 1.54) is 11.0 Å². The fourth-order valence-corrected chi connectivity index (χ4v) is 1.23. The predicted molar refractivity (Wildman–Crippen MR) is 56.3 cm³/mol. The maximum absolute atomic E-state index is 5.69. The minimum Gasteiger partial charge on any atom is -0.380 e. The van der Waals surface area contributed by atoms with Crippen molar-refractivity contribution in [3.63, 3.8) is 0 Å². The molecule has 0 aliphatic rings. The first-order valence-corrected chi connectivity index (χ1v) is 4.84. The van der Waals surface area contributed by atoms with Gasteiger partial charge in [0, 0.05) is 6.20 Å². The number of hydrogen-bond donors (Lipinski definition) is 1. The maximum Gasteiger partial charge on any atom is 0.181 e. The highest BCUT2D eigenvalue weighted by molar-refractivity contribution is 9.10. The zero-order valence-electron chi connectivity index (χ0n) is 6.85. The molecule has 72 valence electrons. The van der Waals surface area contributed by atoms with Crippen molar-refractivity contribution in [2.45, 2.75) is 0 Å². The first-order chi connectivity index (χ1) is 6.66. The quantitative estimate of drug-likeness (QED) is 0.858. The lowest BCUT2D eigenvalue weighted by molar-refractivity contribution is 0.728. The summed E-state index contributed by atoms with van der Waals surface area (Å²) >= 11 is 8.84. The number of aromatic nitrogens is 4. The van der Waals surface area contributed by atoms with Gasteiger partial charge < -0.3 is 5.73 Å². The van der Waals surface area contributed by atoms with Gasteiger partial charge in [-0.2, -0.15) is 0 Å². The Kier molecular flexibility index (Phi) is 2.39. The van der Waals surface area contributed by atoms with Gasteiger partial charge in [-0.15, -0.1) is 15.0 Å². The summed E-state index contributed by atoms with van der Waals surface area (Å²) in [6.45, 7) is 0. The van der Waals surface area contributed by atoms with Crippen LogP contribution >= 0.6 is 27.5 Å². The molecular formula is C7H5BrClN5. The van der Waals surface area contributed by atoms with Gasteiger partial charge in [-0.05, 0) is 28.1 Å². The van der Waals surface area contributed by atoms with Crippen LogP contribution in [0.15, 0.2) is 22.9 Å². The van der Waals surface area contributed by atoms with E-state index in [-0.39, 0.29) is 0 Å². The summed E-state index contributed by atoms with van der Waals surface area (Å²) in [5.41, 5.74) is 5.51. The van der Waals surface area contributed by atoms with Crippen molar-refractivity contribution in [3.8, 4) is 5.82 Å². The fraction of sp³-hybridized carbons (Fsp3) is 0. The second kappa shape index (κ2) is 3.55. The zero-order chi connectivity index (χ0) is 10.1. The van der Waals surface area contributed by atoms with Crippen LogP contribution in [0.1, 0.15) is 0 Å². The van der Waals surface area contributed by atoms with E-state index in [1.54, 1.807) is 12.1 Å². The van der Waals surface area contributed by atoms with Crippen molar-refractivity contribution in [2.75, 3.05) is 5.73 Å². The number of halogens is 2. The smallest absolute Gasteiger partial charge is 0.181 e. The van der Waals surface area contributed by atoms with E-state index >= 15 is 0 Å². The van der Waals surface area contributed by atoms with Gasteiger partial charge in [0.15, 0.2) is 16.2 Å². The summed E-state index contributed by atoms with van der Waals surface area (Å²) in [5, 5.41) is 8.51. The number of rotatable bonds is 1. The Balaban J connectivity index is 2.44. The molecule has 0 aliphatic carbocycles. The molecule has 2 aromatic rings. The van der Waals surface area contributed by atoms with Crippen LogP contribution in [0.5, 0.6) is 0 Å². The van der Waals surface area contributed by atoms with Gasteiger partial charge in [-0.3, -0.25) is 0 Å². The lowest BCUT2D eigenvalue weighted by Crippen LogP contribution is -2.01. The molecular weight excluding hydrogens is 269 g/mol. The molecule has 0 amide bonds. The average molecular weight is 275 g/mol. The lowest BCUT2D eigenvalue weighted by atomic mass is 10.5. The lowest BCUT2D eigenvalue weighted by Gasteiger charge is -1.96. The molecule has 7 heteroatoms. The van der Waals surface area contributed by atoms with Crippen molar-refractivity contribution in [3.05, 3.63) is 28.0 Å². The van der Waals surface area contributed by atoms with E-state index < -0.39 is 0 Å². The van der Waals surface area contributed by atoms with Gasteiger partial charge in [-0.1, -0.05) is 11.6 Å². The number of nitrogens with two attached hydrogens (primary N) is 1. The van der Waals surface area contributed by atoms with Gasteiger partial charge in [0.2, 0.25) is 0 Å². The predicted octanol–water partition coefficient (Wildman–Crippen LogP) is 1.66. The number of pyridine rings is 1. The Hall–Kier alpha value is -1.14. The molecule has 0 saturated heterocycles. The van der Waals surface area contributed by atoms with Gasteiger partial charge >= 0.3 is 0 Å². The Morgan fingerprint density at radius 2 is 2.14 bits per heavy atom. The Morgan fingerprint density at radius 3 is 2.64 bits per heavy atom. The monoisotopic (exact) mass is 273 g/mol. The van der Waals surface area contributed by atoms with E-state index in [0.717, 1.165) is 0 Å². The van der Waals surface area contributed by atoms with Crippen LogP contribution in [0.4, 0.5) is 5.82 Å². The third-order valence-corrected chi connectivity index (χ3v) is 2.30. The summed E-state index contributed by atoms with van der Waals surface area (Å²) < 4.78 is 0.495. The van der Waals surface area contributed by atoms with Gasteiger partial charge in [0.1, 0.15) is 0 Å². The SMILES string of the molecule is Nc1nn(-c2ccc(Cl)cn2)nc1Br. The van der Waals surface area contributed by atoms with Crippen molar-refractivity contribution in [1.82, 2.24) is 20.0 Å². The van der Waals surface area contributed by atoms with Gasteiger partial charge in [0.05, 0.1) is 5.02 Å². The molecule has 0 fully saturated rings. The maximum atomic E-state index is 5.69. The van der Waals surface area contributed by atoms with Crippen LogP contribution in [-0.2, 0) is 0 Å². The van der Waals surface area contributed by atoms with Crippen molar-refractivity contribution >= 4 is 33.3 Å². The number of anilines is 1. The van der Waals surface area contributed by atoms with Crippen LogP contribution in [0.3, 0.4) is 0 Å². The van der Waals surface area contributed by atoms with Crippen molar-refractivity contribution in [2.24, 2.45) is 0 Å². The second-order valence-electron chi connectivity index (χ2n) is 2.50. The van der Waals surface area contributed by atoms with Crippen LogP contribution in [0.25, 0.3) is 5.82 Å². The molecule has 0 aliphatic heterocycles. The first-order valence-electron chi connectivity index (χ1n) is 3.67. The van der Waals surface area contributed by atoms with E-state index in [4.69, 9.17) is 17.3 Å². The molecule has 0 aromatic carbocycles. The summed E-state index contributed by atoms with van der Waals surface area (Å²) in [6.07, 6.45) is 1.52. The topological polar surface area (TPSA) is 69.6 Å². The van der Waals surface area contributed by atoms with Crippen LogP contribution in [-0.4, -0.2) is 20.0 Å². The normalized spacial score (nSPS) is 10.4. The van der Waals surface area contributed by atoms with Crippen LogP contribution in [0, 0.1) is 0 Å². The Labute approximate surface area is 93.0 Å².